The van der Waals surface area contributed by atoms with Gasteiger partial charge in [0, 0.05) is 23.6 Å². The van der Waals surface area contributed by atoms with Crippen LogP contribution in [-0.2, 0) is 6.54 Å². The second-order valence-corrected chi connectivity index (χ2v) is 8.20. The van der Waals surface area contributed by atoms with Crippen molar-refractivity contribution in [1.82, 2.24) is 15.2 Å². The zero-order valence-corrected chi connectivity index (χ0v) is 17.2. The fourth-order valence-electron chi connectivity index (χ4n) is 4.03. The van der Waals surface area contributed by atoms with Gasteiger partial charge in [0.2, 0.25) is 0 Å². The zero-order chi connectivity index (χ0) is 20.3. The third-order valence-electron chi connectivity index (χ3n) is 5.58. The van der Waals surface area contributed by atoms with Crippen LogP contribution in [0.3, 0.4) is 0 Å². The number of carbonyl (C=O) groups is 1. The molecule has 2 aromatic rings. The lowest BCUT2D eigenvalue weighted by Crippen LogP contribution is -2.32. The van der Waals surface area contributed by atoms with E-state index in [4.69, 9.17) is 0 Å². The van der Waals surface area contributed by atoms with Gasteiger partial charge in [0.25, 0.3) is 11.5 Å². The van der Waals surface area contributed by atoms with Gasteiger partial charge in [0.05, 0.1) is 5.39 Å². The maximum absolute atomic E-state index is 12.9. The summed E-state index contributed by atoms with van der Waals surface area (Å²) >= 11 is 0. The Bertz CT molecular complexity index is 945. The lowest BCUT2D eigenvalue weighted by atomic mass is 9.76. The molecular formula is C22H30N4O2. The molecule has 0 radical (unpaired) electrons. The first-order chi connectivity index (χ1) is 13.4. The van der Waals surface area contributed by atoms with E-state index in [1.165, 1.54) is 11.1 Å². The molecule has 2 atom stereocenters. The molecule has 0 saturated heterocycles. The highest BCUT2D eigenvalue weighted by Crippen LogP contribution is 2.31. The van der Waals surface area contributed by atoms with Crippen LogP contribution in [0.25, 0.3) is 10.8 Å². The molecule has 0 bridgehead atoms. The lowest BCUT2D eigenvalue weighted by Gasteiger charge is -2.30. The van der Waals surface area contributed by atoms with Gasteiger partial charge >= 0.3 is 0 Å². The van der Waals surface area contributed by atoms with Gasteiger partial charge in [-0.2, -0.15) is 10.2 Å². The molecule has 1 fully saturated rings. The number of nitrogens with zero attached hydrogens (tertiary/aromatic N) is 3. The number of aryl methyl sites for hydroxylation is 1. The van der Waals surface area contributed by atoms with E-state index in [-0.39, 0.29) is 17.2 Å². The van der Waals surface area contributed by atoms with E-state index < -0.39 is 0 Å². The Morgan fingerprint density at radius 2 is 2.00 bits per heavy atom. The highest BCUT2D eigenvalue weighted by atomic mass is 16.2. The molecule has 3 rings (SSSR count). The van der Waals surface area contributed by atoms with E-state index in [9.17, 15) is 9.59 Å². The quantitative estimate of drug-likeness (QED) is 0.795. The van der Waals surface area contributed by atoms with Crippen LogP contribution >= 0.6 is 0 Å². The third kappa shape index (κ3) is 4.16. The van der Waals surface area contributed by atoms with Crippen LogP contribution in [0.4, 0.5) is 0 Å². The number of nitrogens with one attached hydrogen (secondary N) is 1. The maximum Gasteiger partial charge on any atom is 0.292 e. The predicted molar refractivity (Wildman–Crippen MR) is 113 cm³/mol. The number of rotatable bonds is 5. The summed E-state index contributed by atoms with van der Waals surface area (Å²) in [5.74, 6) is 1.11. The Hall–Kier alpha value is -2.50. The number of carbonyl (C=O) groups excluding carboxylic acids is 1. The van der Waals surface area contributed by atoms with E-state index in [1.54, 1.807) is 18.2 Å². The van der Waals surface area contributed by atoms with Crippen LogP contribution in [0, 0.1) is 17.8 Å². The molecule has 0 unspecified atom stereocenters. The topological polar surface area (TPSA) is 76.3 Å². The van der Waals surface area contributed by atoms with Crippen molar-refractivity contribution in [3.8, 4) is 0 Å². The SMILES string of the molecule is CCCn1nc(C(=O)N/N=C2/C[C@@H](C)CC[C@H]2C(C)C)c2ccccc2c1=O. The first-order valence-electron chi connectivity index (χ1n) is 10.3. The molecule has 1 N–H and O–H groups in total. The number of aromatic nitrogens is 2. The summed E-state index contributed by atoms with van der Waals surface area (Å²) in [6, 6.07) is 7.12. The van der Waals surface area contributed by atoms with E-state index in [0.717, 1.165) is 25.0 Å². The van der Waals surface area contributed by atoms with E-state index in [1.807, 2.05) is 13.0 Å². The second-order valence-electron chi connectivity index (χ2n) is 8.20. The summed E-state index contributed by atoms with van der Waals surface area (Å²) < 4.78 is 1.38. The number of benzene rings is 1. The number of hydrogen-bond acceptors (Lipinski definition) is 4. The van der Waals surface area contributed by atoms with Crippen molar-refractivity contribution in [2.75, 3.05) is 0 Å². The lowest BCUT2D eigenvalue weighted by molar-refractivity contribution is 0.0948. The Balaban J connectivity index is 1.95. The van der Waals surface area contributed by atoms with Crippen molar-refractivity contribution in [2.24, 2.45) is 22.9 Å². The molecule has 1 aromatic carbocycles. The first kappa shape index (κ1) is 20.2. The monoisotopic (exact) mass is 382 g/mol. The van der Waals surface area contributed by atoms with Crippen LogP contribution in [0.1, 0.15) is 63.9 Å². The van der Waals surface area contributed by atoms with Gasteiger partial charge in [-0.1, -0.05) is 45.9 Å². The Kier molecular flexibility index (Phi) is 6.27. The van der Waals surface area contributed by atoms with Crippen molar-refractivity contribution in [1.29, 1.82) is 0 Å². The molecular weight excluding hydrogens is 352 g/mol. The van der Waals surface area contributed by atoms with Crippen LogP contribution in [0.2, 0.25) is 0 Å². The zero-order valence-electron chi connectivity index (χ0n) is 17.2. The minimum absolute atomic E-state index is 0.165. The minimum Gasteiger partial charge on any atom is -0.267 e. The van der Waals surface area contributed by atoms with Crippen molar-refractivity contribution in [2.45, 2.75) is 59.9 Å². The Labute approximate surface area is 166 Å². The fraction of sp³-hybridized carbons (Fsp3) is 0.545. The van der Waals surface area contributed by atoms with Crippen LogP contribution in [0.15, 0.2) is 34.2 Å². The largest absolute Gasteiger partial charge is 0.292 e. The van der Waals surface area contributed by atoms with Crippen molar-refractivity contribution in [3.05, 3.63) is 40.3 Å². The molecule has 1 aromatic heterocycles. The Morgan fingerprint density at radius 1 is 1.29 bits per heavy atom. The molecule has 6 nitrogen and oxygen atoms in total. The summed E-state index contributed by atoms with van der Waals surface area (Å²) in [6.45, 7) is 9.09. The standard InChI is InChI=1S/C22H30N4O2/c1-5-12-26-22(28)18-9-7-6-8-17(18)20(25-26)21(27)24-23-19-13-15(4)10-11-16(19)14(2)3/h6-9,14-16H,5,10-13H2,1-4H3,(H,24,27)/b23-19-/t15-,16-/m0/s1. The number of amides is 1. The van der Waals surface area contributed by atoms with E-state index in [0.29, 0.717) is 35.1 Å². The van der Waals surface area contributed by atoms with Crippen LogP contribution in [-0.4, -0.2) is 21.4 Å². The highest BCUT2D eigenvalue weighted by Gasteiger charge is 2.27. The minimum atomic E-state index is -0.366. The average Bonchev–Trinajstić information content (AvgIpc) is 2.68. The third-order valence-corrected chi connectivity index (χ3v) is 5.58. The molecule has 1 amide bonds. The molecule has 1 aliphatic rings. The summed E-state index contributed by atoms with van der Waals surface area (Å²) in [7, 11) is 0. The summed E-state index contributed by atoms with van der Waals surface area (Å²) in [5.41, 5.74) is 3.87. The maximum atomic E-state index is 12.9. The predicted octanol–water partition coefficient (Wildman–Crippen LogP) is 3.98. The number of hydrazone groups is 1. The first-order valence-corrected chi connectivity index (χ1v) is 10.3. The van der Waals surface area contributed by atoms with Gasteiger partial charge in [0.1, 0.15) is 0 Å². The Morgan fingerprint density at radius 3 is 2.68 bits per heavy atom. The molecule has 1 aliphatic carbocycles. The number of fused-ring (bicyclic) bond motifs is 1. The van der Waals surface area contributed by atoms with Crippen LogP contribution in [0.5, 0.6) is 0 Å². The second kappa shape index (κ2) is 8.67. The summed E-state index contributed by atoms with van der Waals surface area (Å²) in [5, 5.41) is 9.93. The molecule has 0 spiro atoms. The normalized spacial score (nSPS) is 21.4. The number of hydrogen-bond donors (Lipinski definition) is 1. The van der Waals surface area contributed by atoms with Gasteiger partial charge in [-0.15, -0.1) is 0 Å². The van der Waals surface area contributed by atoms with Crippen LogP contribution < -0.4 is 11.0 Å². The smallest absolute Gasteiger partial charge is 0.267 e. The molecule has 0 aliphatic heterocycles. The molecule has 6 heteroatoms. The van der Waals surface area contributed by atoms with Gasteiger partial charge in [-0.25, -0.2) is 10.1 Å². The molecule has 1 saturated carbocycles. The van der Waals surface area contributed by atoms with Gasteiger partial charge in [-0.05, 0) is 43.6 Å². The van der Waals surface area contributed by atoms with Gasteiger partial charge in [-0.3, -0.25) is 9.59 Å². The fourth-order valence-corrected chi connectivity index (χ4v) is 4.03. The molecule has 1 heterocycles. The average molecular weight is 383 g/mol. The van der Waals surface area contributed by atoms with Crippen molar-refractivity contribution >= 4 is 22.4 Å². The van der Waals surface area contributed by atoms with Gasteiger partial charge in [0.15, 0.2) is 5.69 Å². The molecule has 150 valence electrons. The summed E-state index contributed by atoms with van der Waals surface area (Å²) in [6.07, 6.45) is 3.98. The highest BCUT2D eigenvalue weighted by molar-refractivity contribution is 6.05. The van der Waals surface area contributed by atoms with Crippen molar-refractivity contribution in [3.63, 3.8) is 0 Å². The molecule has 28 heavy (non-hydrogen) atoms. The van der Waals surface area contributed by atoms with E-state index >= 15 is 0 Å². The van der Waals surface area contributed by atoms with Crippen molar-refractivity contribution < 1.29 is 4.79 Å². The summed E-state index contributed by atoms with van der Waals surface area (Å²) in [4.78, 5) is 25.5. The van der Waals surface area contributed by atoms with Gasteiger partial charge < -0.3 is 0 Å². The van der Waals surface area contributed by atoms with E-state index in [2.05, 4.69) is 36.4 Å².